The second-order valence-electron chi connectivity index (χ2n) is 14.7. The van der Waals surface area contributed by atoms with Crippen molar-refractivity contribution >= 4 is 55.9 Å². The Morgan fingerprint density at radius 3 is 1.82 bits per heavy atom. The standard InChI is InChI=1S/C53H37N3O/c1-3-13-36(14-4-1)37-23-27-41(28-24-37)55(43-31-33-44(34-32-43)56-49-21-11-9-19-46(49)47-20-10-12-22-50(47)56)42-29-25-38(26-30-42)48-35-40-17-7-8-18-45(40)51-52(48)57-53(54-51)39-15-5-2-6-16-39/h1-9,11-19,21-35H,10,20H2. The quantitative estimate of drug-likeness (QED) is 0.164. The first-order valence-corrected chi connectivity index (χ1v) is 19.6. The van der Waals surface area contributed by atoms with Crippen molar-refractivity contribution in [3.8, 4) is 39.4 Å². The molecule has 0 atom stereocenters. The Balaban J connectivity index is 1.02. The lowest BCUT2D eigenvalue weighted by molar-refractivity contribution is 0.621. The summed E-state index contributed by atoms with van der Waals surface area (Å²) in [5, 5.41) is 3.55. The molecule has 4 heteroatoms. The van der Waals surface area contributed by atoms with Crippen LogP contribution in [0.4, 0.5) is 17.1 Å². The predicted molar refractivity (Wildman–Crippen MR) is 237 cm³/mol. The summed E-state index contributed by atoms with van der Waals surface area (Å²) >= 11 is 0. The first-order valence-electron chi connectivity index (χ1n) is 19.6. The summed E-state index contributed by atoms with van der Waals surface area (Å²) in [5.74, 6) is 0.623. The molecular formula is C53H37N3O. The van der Waals surface area contributed by atoms with Crippen LogP contribution in [0.2, 0.25) is 0 Å². The van der Waals surface area contributed by atoms with Crippen LogP contribution >= 0.6 is 0 Å². The molecular weight excluding hydrogens is 695 g/mol. The molecule has 4 nitrogen and oxygen atoms in total. The maximum Gasteiger partial charge on any atom is 0.227 e. The van der Waals surface area contributed by atoms with E-state index in [4.69, 9.17) is 9.40 Å². The summed E-state index contributed by atoms with van der Waals surface area (Å²) in [6, 6.07) is 66.8. The summed E-state index contributed by atoms with van der Waals surface area (Å²) < 4.78 is 9.00. The summed E-state index contributed by atoms with van der Waals surface area (Å²) in [4.78, 5) is 7.37. The van der Waals surface area contributed by atoms with Crippen molar-refractivity contribution in [2.24, 2.45) is 0 Å². The maximum atomic E-state index is 6.59. The number of oxazole rings is 1. The number of rotatable bonds is 7. The highest BCUT2D eigenvalue weighted by molar-refractivity contribution is 6.10. The fraction of sp³-hybridized carbons (Fsp3) is 0.0377. The molecule has 0 aliphatic heterocycles. The van der Waals surface area contributed by atoms with Gasteiger partial charge in [0.1, 0.15) is 5.52 Å². The van der Waals surface area contributed by atoms with E-state index in [1.165, 1.54) is 33.3 Å². The number of anilines is 3. The number of aromatic nitrogens is 2. The van der Waals surface area contributed by atoms with Gasteiger partial charge in [-0.15, -0.1) is 0 Å². The molecule has 0 radical (unpaired) electrons. The molecule has 0 saturated carbocycles. The minimum absolute atomic E-state index is 0.623. The Hall–Kier alpha value is -7.43. The van der Waals surface area contributed by atoms with E-state index in [2.05, 4.69) is 179 Å². The molecule has 0 amide bonds. The van der Waals surface area contributed by atoms with E-state index in [0.717, 1.165) is 74.2 Å². The van der Waals surface area contributed by atoms with Crippen molar-refractivity contribution in [3.05, 3.63) is 205 Å². The highest BCUT2D eigenvalue weighted by atomic mass is 16.3. The molecule has 0 spiro atoms. The molecule has 0 unspecified atom stereocenters. The number of benzene rings is 8. The lowest BCUT2D eigenvalue weighted by atomic mass is 9.99. The van der Waals surface area contributed by atoms with Gasteiger partial charge >= 0.3 is 0 Å². The molecule has 0 fully saturated rings. The summed E-state index contributed by atoms with van der Waals surface area (Å²) in [6.45, 7) is 0. The zero-order chi connectivity index (χ0) is 37.7. The number of fused-ring (bicyclic) bond motifs is 6. The van der Waals surface area contributed by atoms with E-state index in [9.17, 15) is 0 Å². The molecule has 2 heterocycles. The van der Waals surface area contributed by atoms with Crippen molar-refractivity contribution in [3.63, 3.8) is 0 Å². The molecule has 8 aromatic carbocycles. The minimum atomic E-state index is 0.623. The fourth-order valence-electron chi connectivity index (χ4n) is 8.55. The number of allylic oxidation sites excluding steroid dienone is 1. The van der Waals surface area contributed by atoms with Gasteiger partial charge in [-0.1, -0.05) is 121 Å². The number of aryl methyl sites for hydroxylation is 1. The average molecular weight is 732 g/mol. The predicted octanol–water partition coefficient (Wildman–Crippen LogP) is 14.4. The third-order valence-corrected chi connectivity index (χ3v) is 11.3. The zero-order valence-electron chi connectivity index (χ0n) is 31.2. The first kappa shape index (κ1) is 33.0. The van der Waals surface area contributed by atoms with Gasteiger partial charge in [0.2, 0.25) is 5.89 Å². The van der Waals surface area contributed by atoms with Crippen LogP contribution in [0.3, 0.4) is 0 Å². The highest BCUT2D eigenvalue weighted by Gasteiger charge is 2.21. The van der Waals surface area contributed by atoms with Crippen molar-refractivity contribution < 1.29 is 4.42 Å². The van der Waals surface area contributed by atoms with Gasteiger partial charge in [0.15, 0.2) is 5.58 Å². The molecule has 2 aromatic heterocycles. The second-order valence-corrected chi connectivity index (χ2v) is 14.7. The van der Waals surface area contributed by atoms with Gasteiger partial charge in [-0.2, -0.15) is 0 Å². The third-order valence-electron chi connectivity index (χ3n) is 11.3. The van der Waals surface area contributed by atoms with Crippen LogP contribution in [-0.2, 0) is 6.42 Å². The lowest BCUT2D eigenvalue weighted by Gasteiger charge is -2.26. The van der Waals surface area contributed by atoms with E-state index >= 15 is 0 Å². The van der Waals surface area contributed by atoms with Gasteiger partial charge in [0.05, 0.1) is 5.52 Å². The zero-order valence-corrected chi connectivity index (χ0v) is 31.2. The molecule has 1 aliphatic rings. The van der Waals surface area contributed by atoms with Crippen LogP contribution in [0, 0.1) is 0 Å². The summed E-state index contributed by atoms with van der Waals surface area (Å²) in [6.07, 6.45) is 6.73. The smallest absolute Gasteiger partial charge is 0.227 e. The Morgan fingerprint density at radius 2 is 1.11 bits per heavy atom. The summed E-state index contributed by atoms with van der Waals surface area (Å²) in [7, 11) is 0. The van der Waals surface area contributed by atoms with E-state index in [-0.39, 0.29) is 0 Å². The van der Waals surface area contributed by atoms with E-state index in [1.807, 2.05) is 30.3 Å². The van der Waals surface area contributed by atoms with Gasteiger partial charge in [-0.05, 0) is 119 Å². The van der Waals surface area contributed by atoms with E-state index < -0.39 is 0 Å². The SMILES string of the molecule is C1=Cc2c(c3ccccc3n2-c2ccc(N(c3ccc(-c4ccccc4)cc3)c3ccc(-c4cc5ccccc5c5nc(-c6ccccc6)oc45)cc3)cc2)CC1. The monoisotopic (exact) mass is 731 g/mol. The molecule has 57 heavy (non-hydrogen) atoms. The maximum absolute atomic E-state index is 6.59. The molecule has 270 valence electrons. The molecule has 1 aliphatic carbocycles. The Labute approximate surface area is 331 Å². The van der Waals surface area contributed by atoms with Crippen LogP contribution in [-0.4, -0.2) is 9.55 Å². The molecule has 0 N–H and O–H groups in total. The summed E-state index contributed by atoms with van der Waals surface area (Å²) in [5.41, 5.74) is 15.4. The number of hydrogen-bond acceptors (Lipinski definition) is 3. The van der Waals surface area contributed by atoms with E-state index in [1.54, 1.807) is 0 Å². The van der Waals surface area contributed by atoms with Crippen LogP contribution in [0.25, 0.3) is 78.2 Å². The van der Waals surface area contributed by atoms with Gasteiger partial charge < -0.3 is 13.9 Å². The van der Waals surface area contributed by atoms with Crippen LogP contribution in [0.15, 0.2) is 199 Å². The topological polar surface area (TPSA) is 34.2 Å². The van der Waals surface area contributed by atoms with Crippen LogP contribution in [0.5, 0.6) is 0 Å². The van der Waals surface area contributed by atoms with Crippen LogP contribution in [0.1, 0.15) is 17.7 Å². The van der Waals surface area contributed by atoms with Crippen molar-refractivity contribution in [2.45, 2.75) is 12.8 Å². The number of hydrogen-bond donors (Lipinski definition) is 0. The Kier molecular flexibility index (Phi) is 7.92. The Bertz CT molecular complexity index is 3080. The largest absolute Gasteiger partial charge is 0.435 e. The van der Waals surface area contributed by atoms with Gasteiger partial charge in [0.25, 0.3) is 0 Å². The average Bonchev–Trinajstić information content (AvgIpc) is 3.89. The molecule has 11 rings (SSSR count). The van der Waals surface area contributed by atoms with Gasteiger partial charge in [0, 0.05) is 50.3 Å². The van der Waals surface area contributed by atoms with Crippen molar-refractivity contribution in [2.75, 3.05) is 4.90 Å². The molecule has 0 bridgehead atoms. The van der Waals surface area contributed by atoms with Crippen molar-refractivity contribution in [1.29, 1.82) is 0 Å². The van der Waals surface area contributed by atoms with Gasteiger partial charge in [-0.25, -0.2) is 4.98 Å². The molecule has 0 saturated heterocycles. The van der Waals surface area contributed by atoms with Gasteiger partial charge in [-0.3, -0.25) is 0 Å². The second kappa shape index (κ2) is 13.7. The molecule has 10 aromatic rings. The normalized spacial score (nSPS) is 12.4. The third kappa shape index (κ3) is 5.73. The Morgan fingerprint density at radius 1 is 0.526 bits per heavy atom. The number of nitrogens with zero attached hydrogens (tertiary/aromatic N) is 3. The minimum Gasteiger partial charge on any atom is -0.435 e. The van der Waals surface area contributed by atoms with E-state index in [0.29, 0.717) is 5.89 Å². The lowest BCUT2D eigenvalue weighted by Crippen LogP contribution is -2.10. The fourth-order valence-corrected chi connectivity index (χ4v) is 8.55. The first-order chi connectivity index (χ1) is 28.3. The van der Waals surface area contributed by atoms with Crippen molar-refractivity contribution in [1.82, 2.24) is 9.55 Å². The highest BCUT2D eigenvalue weighted by Crippen LogP contribution is 2.41. The number of para-hydroxylation sites is 1. The van der Waals surface area contributed by atoms with Crippen LogP contribution < -0.4 is 4.90 Å².